The first-order chi connectivity index (χ1) is 8.22. The van der Waals surface area contributed by atoms with Crippen LogP contribution < -0.4 is 0 Å². The third kappa shape index (κ3) is 2.47. The zero-order valence-corrected chi connectivity index (χ0v) is 10.2. The fourth-order valence-electron chi connectivity index (χ4n) is 1.81. The molecule has 0 saturated heterocycles. The highest BCUT2D eigenvalue weighted by molar-refractivity contribution is 6.07. The molecule has 1 heterocycles. The summed E-state index contributed by atoms with van der Waals surface area (Å²) in [6, 6.07) is 11.3. The predicted octanol–water partition coefficient (Wildman–Crippen LogP) is 3.76. The molecule has 1 atom stereocenters. The average molecular weight is 227 g/mol. The molecule has 2 nitrogen and oxygen atoms in total. The quantitative estimate of drug-likeness (QED) is 0.792. The van der Waals surface area contributed by atoms with E-state index in [1.54, 1.807) is 0 Å². The molecule has 0 radical (unpaired) electrons. The number of benzene rings is 1. The second-order valence-corrected chi connectivity index (χ2v) is 4.35. The van der Waals surface area contributed by atoms with Gasteiger partial charge in [0.1, 0.15) is 0 Å². The molecule has 1 unspecified atom stereocenters. The molecule has 1 aromatic carbocycles. The molecule has 2 aromatic rings. The minimum atomic E-state index is 0.0557. The summed E-state index contributed by atoms with van der Waals surface area (Å²) in [4.78, 5) is 15.2. The van der Waals surface area contributed by atoms with E-state index in [1.165, 1.54) is 5.56 Å². The van der Waals surface area contributed by atoms with Crippen LogP contribution in [0.1, 0.15) is 47.8 Å². The number of rotatable bonds is 4. The van der Waals surface area contributed by atoms with Gasteiger partial charge in [0.2, 0.25) is 5.78 Å². The van der Waals surface area contributed by atoms with Gasteiger partial charge in [0.25, 0.3) is 0 Å². The van der Waals surface area contributed by atoms with Crippen molar-refractivity contribution in [3.05, 3.63) is 59.4 Å². The fourth-order valence-corrected chi connectivity index (χ4v) is 1.81. The summed E-state index contributed by atoms with van der Waals surface area (Å²) in [5.74, 6) is 0.545. The minimum Gasteiger partial charge on any atom is -0.358 e. The zero-order valence-electron chi connectivity index (χ0n) is 10.2. The third-order valence-electron chi connectivity index (χ3n) is 3.17. The summed E-state index contributed by atoms with van der Waals surface area (Å²) in [5, 5.41) is 0. The van der Waals surface area contributed by atoms with Crippen molar-refractivity contribution in [1.29, 1.82) is 0 Å². The van der Waals surface area contributed by atoms with Gasteiger partial charge in [-0.1, -0.05) is 44.2 Å². The lowest BCUT2D eigenvalue weighted by Crippen LogP contribution is -2.00. The molecule has 0 aliphatic carbocycles. The van der Waals surface area contributed by atoms with Crippen molar-refractivity contribution in [2.75, 3.05) is 0 Å². The van der Waals surface area contributed by atoms with Gasteiger partial charge in [0.05, 0.1) is 5.69 Å². The SMILES string of the molecule is CCC(C)c1c[nH]c(C(=O)c2ccccc2)c1. The van der Waals surface area contributed by atoms with Crippen LogP contribution in [0.4, 0.5) is 0 Å². The minimum absolute atomic E-state index is 0.0557. The Morgan fingerprint density at radius 2 is 2.00 bits per heavy atom. The lowest BCUT2D eigenvalue weighted by molar-refractivity contribution is 0.103. The maximum absolute atomic E-state index is 12.1. The topological polar surface area (TPSA) is 32.9 Å². The highest BCUT2D eigenvalue weighted by Crippen LogP contribution is 2.20. The molecule has 88 valence electrons. The number of ketones is 1. The molecule has 0 saturated carbocycles. The van der Waals surface area contributed by atoms with Crippen LogP contribution in [0.5, 0.6) is 0 Å². The molecule has 0 aliphatic heterocycles. The van der Waals surface area contributed by atoms with E-state index in [0.717, 1.165) is 12.0 Å². The Labute approximate surface area is 102 Å². The summed E-state index contributed by atoms with van der Waals surface area (Å²) in [5.41, 5.74) is 2.60. The molecule has 1 aromatic heterocycles. The largest absolute Gasteiger partial charge is 0.358 e. The highest BCUT2D eigenvalue weighted by atomic mass is 16.1. The first-order valence-corrected chi connectivity index (χ1v) is 6.00. The van der Waals surface area contributed by atoms with Crippen molar-refractivity contribution in [3.8, 4) is 0 Å². The first-order valence-electron chi connectivity index (χ1n) is 6.00. The molecule has 0 amide bonds. The molecule has 1 N–H and O–H groups in total. The third-order valence-corrected chi connectivity index (χ3v) is 3.17. The monoisotopic (exact) mass is 227 g/mol. The van der Waals surface area contributed by atoms with Crippen LogP contribution in [0.3, 0.4) is 0 Å². The van der Waals surface area contributed by atoms with Gasteiger partial charge >= 0.3 is 0 Å². The van der Waals surface area contributed by atoms with E-state index in [1.807, 2.05) is 42.6 Å². The maximum atomic E-state index is 12.1. The van der Waals surface area contributed by atoms with Crippen molar-refractivity contribution >= 4 is 5.78 Å². The lowest BCUT2D eigenvalue weighted by atomic mass is 10.0. The van der Waals surface area contributed by atoms with Crippen LogP contribution in [0, 0.1) is 0 Å². The molecule has 0 aliphatic rings. The Bertz CT molecular complexity index is 499. The van der Waals surface area contributed by atoms with Crippen molar-refractivity contribution < 1.29 is 4.79 Å². The van der Waals surface area contributed by atoms with Crippen LogP contribution in [-0.4, -0.2) is 10.8 Å². The Morgan fingerprint density at radius 1 is 1.29 bits per heavy atom. The average Bonchev–Trinajstić information content (AvgIpc) is 2.87. The van der Waals surface area contributed by atoms with Crippen LogP contribution >= 0.6 is 0 Å². The Balaban J connectivity index is 2.24. The van der Waals surface area contributed by atoms with Gasteiger partial charge in [-0.15, -0.1) is 0 Å². The fraction of sp³-hybridized carbons (Fsp3) is 0.267. The summed E-state index contributed by atoms with van der Waals surface area (Å²) in [7, 11) is 0. The number of aromatic amines is 1. The van der Waals surface area contributed by atoms with Crippen LogP contribution in [0.15, 0.2) is 42.6 Å². The lowest BCUT2D eigenvalue weighted by Gasteiger charge is -2.03. The van der Waals surface area contributed by atoms with E-state index in [9.17, 15) is 4.79 Å². The van der Waals surface area contributed by atoms with Gasteiger partial charge < -0.3 is 4.98 Å². The summed E-state index contributed by atoms with van der Waals surface area (Å²) >= 11 is 0. The van der Waals surface area contributed by atoms with Crippen LogP contribution in [0.25, 0.3) is 0 Å². The van der Waals surface area contributed by atoms with E-state index in [2.05, 4.69) is 18.8 Å². The highest BCUT2D eigenvalue weighted by Gasteiger charge is 2.12. The molecule has 0 spiro atoms. The van der Waals surface area contributed by atoms with Gasteiger partial charge in [-0.2, -0.15) is 0 Å². The number of carbonyl (C=O) groups excluding carboxylic acids is 1. The summed E-state index contributed by atoms with van der Waals surface area (Å²) in [6.07, 6.45) is 3.02. The van der Waals surface area contributed by atoms with Crippen molar-refractivity contribution in [1.82, 2.24) is 4.98 Å². The van der Waals surface area contributed by atoms with Crippen molar-refractivity contribution in [3.63, 3.8) is 0 Å². The smallest absolute Gasteiger partial charge is 0.209 e. The van der Waals surface area contributed by atoms with Gasteiger partial charge in [-0.3, -0.25) is 4.79 Å². The van der Waals surface area contributed by atoms with Crippen molar-refractivity contribution in [2.45, 2.75) is 26.2 Å². The van der Waals surface area contributed by atoms with E-state index < -0.39 is 0 Å². The van der Waals surface area contributed by atoms with Crippen LogP contribution in [0.2, 0.25) is 0 Å². The molecular weight excluding hydrogens is 210 g/mol. The van der Waals surface area contributed by atoms with Gasteiger partial charge in [-0.05, 0) is 24.0 Å². The molecule has 2 heteroatoms. The van der Waals surface area contributed by atoms with E-state index in [4.69, 9.17) is 0 Å². The second-order valence-electron chi connectivity index (χ2n) is 4.35. The molecule has 0 bridgehead atoms. The van der Waals surface area contributed by atoms with E-state index >= 15 is 0 Å². The zero-order chi connectivity index (χ0) is 12.3. The van der Waals surface area contributed by atoms with Crippen LogP contribution in [-0.2, 0) is 0 Å². The Morgan fingerprint density at radius 3 is 2.65 bits per heavy atom. The van der Waals surface area contributed by atoms with E-state index in [-0.39, 0.29) is 5.78 Å². The molecular formula is C15H17NO. The number of hydrogen-bond acceptors (Lipinski definition) is 1. The Kier molecular flexibility index (Phi) is 3.43. The number of nitrogens with one attached hydrogen (secondary N) is 1. The van der Waals surface area contributed by atoms with Gasteiger partial charge in [-0.25, -0.2) is 0 Å². The number of carbonyl (C=O) groups is 1. The van der Waals surface area contributed by atoms with Crippen molar-refractivity contribution in [2.24, 2.45) is 0 Å². The predicted molar refractivity (Wildman–Crippen MR) is 69.4 cm³/mol. The second kappa shape index (κ2) is 5.00. The maximum Gasteiger partial charge on any atom is 0.209 e. The normalized spacial score (nSPS) is 12.4. The number of hydrogen-bond donors (Lipinski definition) is 1. The van der Waals surface area contributed by atoms with E-state index in [0.29, 0.717) is 11.6 Å². The summed E-state index contributed by atoms with van der Waals surface area (Å²) < 4.78 is 0. The number of H-pyrrole nitrogens is 1. The Hall–Kier alpha value is -1.83. The first kappa shape index (κ1) is 11.6. The molecule has 17 heavy (non-hydrogen) atoms. The van der Waals surface area contributed by atoms with Gasteiger partial charge in [0, 0.05) is 11.8 Å². The molecule has 2 rings (SSSR count). The summed E-state index contributed by atoms with van der Waals surface area (Å²) in [6.45, 7) is 4.32. The number of aromatic nitrogens is 1. The standard InChI is InChI=1S/C15H17NO/c1-3-11(2)13-9-14(16-10-13)15(17)12-7-5-4-6-8-12/h4-11,16H,3H2,1-2H3. The molecule has 0 fully saturated rings. The van der Waals surface area contributed by atoms with Gasteiger partial charge in [0.15, 0.2) is 0 Å².